The lowest BCUT2D eigenvalue weighted by molar-refractivity contribution is 0.0634. The van der Waals surface area contributed by atoms with E-state index in [1.54, 1.807) is 30.8 Å². The Labute approximate surface area is 139 Å². The van der Waals surface area contributed by atoms with Gasteiger partial charge in [0.2, 0.25) is 5.82 Å². The van der Waals surface area contributed by atoms with Gasteiger partial charge in [-0.3, -0.25) is 4.79 Å². The van der Waals surface area contributed by atoms with Gasteiger partial charge in [0.05, 0.1) is 11.8 Å². The number of carbonyl (C=O) groups is 1. The Hall–Kier alpha value is -1.92. The Morgan fingerprint density at radius 2 is 2.09 bits per heavy atom. The highest BCUT2D eigenvalue weighted by Crippen LogP contribution is 2.32. The van der Waals surface area contributed by atoms with E-state index in [-0.39, 0.29) is 11.7 Å². The second-order valence-electron chi connectivity index (χ2n) is 5.96. The molecule has 7 heteroatoms. The monoisotopic (exact) mass is 334 g/mol. The van der Waals surface area contributed by atoms with Crippen molar-refractivity contribution < 1.29 is 9.90 Å². The number of rotatable bonds is 5. The van der Waals surface area contributed by atoms with Gasteiger partial charge < -0.3 is 10.0 Å². The second kappa shape index (κ2) is 6.29. The predicted octanol–water partition coefficient (Wildman–Crippen LogP) is 2.07. The molecule has 1 aromatic carbocycles. The van der Waals surface area contributed by atoms with E-state index in [2.05, 4.69) is 10.1 Å². The van der Waals surface area contributed by atoms with E-state index in [4.69, 9.17) is 11.6 Å². The van der Waals surface area contributed by atoms with Gasteiger partial charge in [0.15, 0.2) is 0 Å². The summed E-state index contributed by atoms with van der Waals surface area (Å²) in [6.07, 6.45) is 1.60. The summed E-state index contributed by atoms with van der Waals surface area (Å²) in [5.41, 5.74) is 0.791. The summed E-state index contributed by atoms with van der Waals surface area (Å²) in [6.45, 7) is 2.09. The zero-order valence-electron chi connectivity index (χ0n) is 13.1. The van der Waals surface area contributed by atoms with Gasteiger partial charge in [0, 0.05) is 18.6 Å². The van der Waals surface area contributed by atoms with E-state index < -0.39 is 6.10 Å². The molecule has 1 aliphatic rings. The first-order valence-corrected chi connectivity index (χ1v) is 7.96. The van der Waals surface area contributed by atoms with E-state index in [1.165, 1.54) is 4.90 Å². The fraction of sp³-hybridized carbons (Fsp3) is 0.438. The van der Waals surface area contributed by atoms with E-state index >= 15 is 0 Å². The molecule has 1 aromatic heterocycles. The number of aromatic nitrogens is 3. The predicted molar refractivity (Wildman–Crippen MR) is 86.8 cm³/mol. The number of nitrogens with zero attached hydrogens (tertiary/aromatic N) is 4. The van der Waals surface area contributed by atoms with Crippen molar-refractivity contribution in [1.29, 1.82) is 0 Å². The van der Waals surface area contributed by atoms with Crippen LogP contribution >= 0.6 is 11.6 Å². The highest BCUT2D eigenvalue weighted by atomic mass is 35.5. The molecule has 1 heterocycles. The normalized spacial score (nSPS) is 15.5. The number of aryl methyl sites for hydroxylation is 1. The molecule has 6 nitrogen and oxygen atoms in total. The average molecular weight is 335 g/mol. The van der Waals surface area contributed by atoms with Crippen LogP contribution in [0.1, 0.15) is 29.3 Å². The fourth-order valence-electron chi connectivity index (χ4n) is 2.47. The van der Waals surface area contributed by atoms with Crippen LogP contribution in [0.15, 0.2) is 24.3 Å². The maximum Gasteiger partial charge on any atom is 0.293 e. The molecule has 0 bridgehead atoms. The quantitative estimate of drug-likeness (QED) is 0.908. The minimum atomic E-state index is -0.469. The summed E-state index contributed by atoms with van der Waals surface area (Å²) in [6, 6.07) is 7.16. The Morgan fingerprint density at radius 3 is 2.70 bits per heavy atom. The molecule has 1 amide bonds. The number of likely N-dealkylation sites (N-methyl/N-ethyl adjacent to an activating group) is 1. The van der Waals surface area contributed by atoms with Gasteiger partial charge in [0.25, 0.3) is 5.91 Å². The minimum Gasteiger partial charge on any atom is -0.391 e. The third kappa shape index (κ3) is 3.54. The summed E-state index contributed by atoms with van der Waals surface area (Å²) >= 11 is 5.89. The van der Waals surface area contributed by atoms with Gasteiger partial charge in [-0.25, -0.2) is 9.67 Å². The molecule has 1 atom stereocenters. The Kier molecular flexibility index (Phi) is 4.37. The molecule has 1 aliphatic carbocycles. The van der Waals surface area contributed by atoms with E-state index in [0.717, 1.165) is 18.5 Å². The highest BCUT2D eigenvalue weighted by Gasteiger charge is 2.32. The van der Waals surface area contributed by atoms with Crippen LogP contribution in [0.3, 0.4) is 0 Å². The van der Waals surface area contributed by atoms with Crippen LogP contribution in [0, 0.1) is 12.8 Å². The van der Waals surface area contributed by atoms with Gasteiger partial charge in [-0.2, -0.15) is 0 Å². The second-order valence-corrected chi connectivity index (χ2v) is 6.40. The Balaban J connectivity index is 1.76. The number of aliphatic hydroxyl groups excluding tert-OH is 1. The zero-order chi connectivity index (χ0) is 16.6. The first kappa shape index (κ1) is 16.0. The number of aliphatic hydroxyl groups is 1. The lowest BCUT2D eigenvalue weighted by Crippen LogP contribution is -2.35. The molecular formula is C16H19ClN4O2. The SMILES string of the molecule is Cc1nc(C(=O)N(C)CC(O)C2CC2)nn1-c1ccc(Cl)cc1. The van der Waals surface area contributed by atoms with Crippen molar-refractivity contribution in [2.45, 2.75) is 25.9 Å². The van der Waals surface area contributed by atoms with Crippen molar-refractivity contribution in [1.82, 2.24) is 19.7 Å². The van der Waals surface area contributed by atoms with Gasteiger partial charge >= 0.3 is 0 Å². The first-order valence-electron chi connectivity index (χ1n) is 7.59. The van der Waals surface area contributed by atoms with Gasteiger partial charge in [0.1, 0.15) is 5.82 Å². The molecule has 0 saturated heterocycles. The van der Waals surface area contributed by atoms with E-state index in [0.29, 0.717) is 23.3 Å². The molecule has 1 N–H and O–H groups in total. The number of hydrogen-bond donors (Lipinski definition) is 1. The third-order valence-corrected chi connectivity index (χ3v) is 4.26. The van der Waals surface area contributed by atoms with Crippen LogP contribution in [0.2, 0.25) is 5.02 Å². The topological polar surface area (TPSA) is 71.2 Å². The van der Waals surface area contributed by atoms with Crippen molar-refractivity contribution >= 4 is 17.5 Å². The van der Waals surface area contributed by atoms with E-state index in [1.807, 2.05) is 12.1 Å². The summed E-state index contributed by atoms with van der Waals surface area (Å²) in [4.78, 5) is 18.1. The van der Waals surface area contributed by atoms with Gasteiger partial charge in [-0.05, 0) is 49.9 Å². The van der Waals surface area contributed by atoms with E-state index in [9.17, 15) is 9.90 Å². The number of hydrogen-bond acceptors (Lipinski definition) is 4. The number of benzene rings is 1. The van der Waals surface area contributed by atoms with Crippen LogP contribution in [-0.2, 0) is 0 Å². The maximum atomic E-state index is 12.4. The summed E-state index contributed by atoms with van der Waals surface area (Å²) < 4.78 is 1.61. The molecule has 3 rings (SSSR count). The van der Waals surface area contributed by atoms with Crippen LogP contribution in [-0.4, -0.2) is 50.4 Å². The average Bonchev–Trinajstić information content (AvgIpc) is 3.30. The molecule has 2 aromatic rings. The molecule has 0 spiro atoms. The standard InChI is InChI=1S/C16H19ClN4O2/c1-10-18-15(16(23)20(2)9-14(22)11-3-4-11)19-21(10)13-7-5-12(17)6-8-13/h5-8,11,14,22H,3-4,9H2,1-2H3. The first-order chi connectivity index (χ1) is 11.0. The fourth-order valence-corrected chi connectivity index (χ4v) is 2.60. The largest absolute Gasteiger partial charge is 0.391 e. The van der Waals surface area contributed by atoms with Crippen molar-refractivity contribution in [2.75, 3.05) is 13.6 Å². The number of halogens is 1. The molecule has 0 aliphatic heterocycles. The molecule has 1 saturated carbocycles. The Morgan fingerprint density at radius 1 is 1.43 bits per heavy atom. The highest BCUT2D eigenvalue weighted by molar-refractivity contribution is 6.30. The Bertz CT molecular complexity index is 709. The van der Waals surface area contributed by atoms with Crippen molar-refractivity contribution in [2.24, 2.45) is 5.92 Å². The van der Waals surface area contributed by atoms with Crippen LogP contribution in [0.4, 0.5) is 0 Å². The molecule has 0 radical (unpaired) electrons. The summed E-state index contributed by atoms with van der Waals surface area (Å²) in [5.74, 6) is 0.779. The van der Waals surface area contributed by atoms with Crippen LogP contribution < -0.4 is 0 Å². The molecule has 122 valence electrons. The van der Waals surface area contributed by atoms with Gasteiger partial charge in [-0.15, -0.1) is 5.10 Å². The lowest BCUT2D eigenvalue weighted by atomic mass is 10.2. The lowest BCUT2D eigenvalue weighted by Gasteiger charge is -2.19. The van der Waals surface area contributed by atoms with Gasteiger partial charge in [-0.1, -0.05) is 11.6 Å². The maximum absolute atomic E-state index is 12.4. The van der Waals surface area contributed by atoms with Crippen LogP contribution in [0.5, 0.6) is 0 Å². The molecular weight excluding hydrogens is 316 g/mol. The van der Waals surface area contributed by atoms with Crippen molar-refractivity contribution in [3.05, 3.63) is 40.9 Å². The number of carbonyl (C=O) groups excluding carboxylic acids is 1. The number of amides is 1. The third-order valence-electron chi connectivity index (χ3n) is 4.01. The minimum absolute atomic E-state index is 0.128. The molecule has 1 fully saturated rings. The van der Waals surface area contributed by atoms with Crippen molar-refractivity contribution in [3.8, 4) is 5.69 Å². The molecule has 1 unspecified atom stereocenters. The summed E-state index contributed by atoms with van der Waals surface area (Å²) in [7, 11) is 1.66. The zero-order valence-corrected chi connectivity index (χ0v) is 13.9. The summed E-state index contributed by atoms with van der Waals surface area (Å²) in [5, 5.41) is 14.9. The van der Waals surface area contributed by atoms with Crippen molar-refractivity contribution in [3.63, 3.8) is 0 Å². The molecule has 23 heavy (non-hydrogen) atoms. The smallest absolute Gasteiger partial charge is 0.293 e. The van der Waals surface area contributed by atoms with Crippen LogP contribution in [0.25, 0.3) is 5.69 Å².